The zero-order valence-electron chi connectivity index (χ0n) is 18.3. The maximum atomic E-state index is 12.9. The van der Waals surface area contributed by atoms with Gasteiger partial charge in [0.25, 0.3) is 5.91 Å². The van der Waals surface area contributed by atoms with E-state index in [0.717, 1.165) is 17.5 Å². The number of hydrazine groups is 1. The monoisotopic (exact) mass is 446 g/mol. The average molecular weight is 447 g/mol. The molecule has 0 radical (unpaired) electrons. The van der Waals surface area contributed by atoms with Gasteiger partial charge in [-0.05, 0) is 41.8 Å². The third-order valence-corrected chi connectivity index (χ3v) is 4.75. The van der Waals surface area contributed by atoms with Crippen molar-refractivity contribution < 1.29 is 23.9 Å². The minimum atomic E-state index is -0.575. The van der Waals surface area contributed by atoms with Crippen LogP contribution < -0.4 is 15.6 Å². The number of carbonyl (C=O) groups excluding carboxylic acids is 3. The summed E-state index contributed by atoms with van der Waals surface area (Å²) in [7, 11) is 0. The Morgan fingerprint density at radius 2 is 1.36 bits per heavy atom. The lowest BCUT2D eigenvalue weighted by Crippen LogP contribution is -2.46. The topological polar surface area (TPSA) is 93.7 Å². The molecular formula is C26H26N2O5. The molecule has 0 aliphatic rings. The molecule has 2 N–H and O–H groups in total. The molecule has 0 saturated carbocycles. The highest BCUT2D eigenvalue weighted by atomic mass is 16.5. The number of esters is 1. The molecule has 3 rings (SSSR count). The highest BCUT2D eigenvalue weighted by Crippen LogP contribution is 2.24. The maximum absolute atomic E-state index is 12.9. The fourth-order valence-corrected chi connectivity index (χ4v) is 3.14. The smallest absolute Gasteiger partial charge is 0.338 e. The fraction of sp³-hybridized carbons (Fsp3) is 0.192. The van der Waals surface area contributed by atoms with Crippen LogP contribution >= 0.6 is 0 Å². The van der Waals surface area contributed by atoms with Gasteiger partial charge in [0.15, 0.2) is 6.61 Å². The lowest BCUT2D eigenvalue weighted by Gasteiger charge is -2.18. The number of rotatable bonds is 9. The lowest BCUT2D eigenvalue weighted by atomic mass is 9.91. The minimum absolute atomic E-state index is 0.304. The summed E-state index contributed by atoms with van der Waals surface area (Å²) < 4.78 is 10.5. The normalized spacial score (nSPS) is 10.4. The first kappa shape index (κ1) is 23.5. The molecule has 3 aromatic rings. The van der Waals surface area contributed by atoms with Crippen LogP contribution in [-0.4, -0.2) is 31.0 Å². The van der Waals surface area contributed by atoms with Crippen LogP contribution in [0, 0.1) is 0 Å². The minimum Gasteiger partial charge on any atom is -0.484 e. The molecule has 33 heavy (non-hydrogen) atoms. The summed E-state index contributed by atoms with van der Waals surface area (Å²) in [5.74, 6) is -1.45. The van der Waals surface area contributed by atoms with Crippen molar-refractivity contribution in [1.82, 2.24) is 10.9 Å². The van der Waals surface area contributed by atoms with Gasteiger partial charge < -0.3 is 9.47 Å². The molecule has 0 atom stereocenters. The van der Waals surface area contributed by atoms with E-state index in [2.05, 4.69) is 10.9 Å². The van der Waals surface area contributed by atoms with Gasteiger partial charge in [0.2, 0.25) is 5.91 Å². The zero-order chi connectivity index (χ0) is 23.5. The van der Waals surface area contributed by atoms with Crippen molar-refractivity contribution in [1.29, 1.82) is 0 Å². The van der Waals surface area contributed by atoms with Crippen LogP contribution in [0.25, 0.3) is 0 Å². The number of ether oxygens (including phenoxy) is 2. The summed E-state index contributed by atoms with van der Waals surface area (Å²) in [6, 6.07) is 25.0. The number of hydrogen-bond donors (Lipinski definition) is 2. The van der Waals surface area contributed by atoms with Gasteiger partial charge in [0, 0.05) is 0 Å². The molecule has 7 heteroatoms. The SMILES string of the molecule is CCCOC(=O)c1ccc(OCC(=O)NNC(=O)C(c2ccccc2)c2ccccc2)cc1. The van der Waals surface area contributed by atoms with Crippen LogP contribution in [-0.2, 0) is 14.3 Å². The second-order valence-electron chi connectivity index (χ2n) is 7.24. The number of hydrogen-bond acceptors (Lipinski definition) is 5. The van der Waals surface area contributed by atoms with Crippen LogP contribution in [0.3, 0.4) is 0 Å². The van der Waals surface area contributed by atoms with Crippen molar-refractivity contribution in [2.45, 2.75) is 19.3 Å². The third-order valence-electron chi connectivity index (χ3n) is 4.75. The van der Waals surface area contributed by atoms with E-state index < -0.39 is 17.8 Å². The lowest BCUT2D eigenvalue weighted by molar-refractivity contribution is -0.130. The molecule has 0 bridgehead atoms. The third kappa shape index (κ3) is 6.93. The number of nitrogens with one attached hydrogen (secondary N) is 2. The van der Waals surface area contributed by atoms with E-state index >= 15 is 0 Å². The van der Waals surface area contributed by atoms with E-state index in [4.69, 9.17) is 9.47 Å². The molecule has 7 nitrogen and oxygen atoms in total. The molecule has 2 amide bonds. The van der Waals surface area contributed by atoms with Gasteiger partial charge >= 0.3 is 5.97 Å². The van der Waals surface area contributed by atoms with Crippen LogP contribution in [0.2, 0.25) is 0 Å². The Bertz CT molecular complexity index is 1010. The zero-order valence-corrected chi connectivity index (χ0v) is 18.3. The molecule has 0 aliphatic heterocycles. The summed E-state index contributed by atoms with van der Waals surface area (Å²) in [4.78, 5) is 36.9. The van der Waals surface area contributed by atoms with Crippen molar-refractivity contribution in [3.05, 3.63) is 102 Å². The first-order valence-corrected chi connectivity index (χ1v) is 10.7. The van der Waals surface area contributed by atoms with Gasteiger partial charge in [-0.15, -0.1) is 0 Å². The van der Waals surface area contributed by atoms with Crippen LogP contribution in [0.4, 0.5) is 0 Å². The first-order chi connectivity index (χ1) is 16.1. The Kier molecular flexibility index (Phi) is 8.59. The Labute approximate surface area is 192 Å². The van der Waals surface area contributed by atoms with Crippen molar-refractivity contribution in [2.75, 3.05) is 13.2 Å². The quantitative estimate of drug-likeness (QED) is 0.387. The van der Waals surface area contributed by atoms with E-state index in [-0.39, 0.29) is 12.5 Å². The summed E-state index contributed by atoms with van der Waals surface area (Å²) in [6.45, 7) is 1.97. The summed E-state index contributed by atoms with van der Waals surface area (Å²) in [6.07, 6.45) is 0.746. The Hall–Kier alpha value is -4.13. The molecule has 0 aliphatic carbocycles. The van der Waals surface area contributed by atoms with Crippen molar-refractivity contribution in [2.24, 2.45) is 0 Å². The Morgan fingerprint density at radius 1 is 0.788 bits per heavy atom. The maximum Gasteiger partial charge on any atom is 0.338 e. The molecule has 170 valence electrons. The Morgan fingerprint density at radius 3 is 1.91 bits per heavy atom. The molecule has 0 spiro atoms. The molecule has 0 heterocycles. The van der Waals surface area contributed by atoms with Gasteiger partial charge in [0.1, 0.15) is 5.75 Å². The fourth-order valence-electron chi connectivity index (χ4n) is 3.14. The van der Waals surface area contributed by atoms with Crippen LogP contribution in [0.5, 0.6) is 5.75 Å². The van der Waals surface area contributed by atoms with Crippen LogP contribution in [0.15, 0.2) is 84.9 Å². The van der Waals surface area contributed by atoms with E-state index in [1.807, 2.05) is 67.6 Å². The largest absolute Gasteiger partial charge is 0.484 e. The Balaban J connectivity index is 1.53. The average Bonchev–Trinajstić information content (AvgIpc) is 2.86. The predicted octanol–water partition coefficient (Wildman–Crippen LogP) is 3.61. The number of benzene rings is 3. The summed E-state index contributed by atoms with van der Waals surface area (Å²) >= 11 is 0. The predicted molar refractivity (Wildman–Crippen MR) is 124 cm³/mol. The van der Waals surface area contributed by atoms with Gasteiger partial charge in [-0.3, -0.25) is 20.4 Å². The molecule has 0 unspecified atom stereocenters. The van der Waals surface area contributed by atoms with Gasteiger partial charge in [-0.25, -0.2) is 4.79 Å². The van der Waals surface area contributed by atoms with E-state index in [9.17, 15) is 14.4 Å². The van der Waals surface area contributed by atoms with Crippen LogP contribution in [0.1, 0.15) is 40.7 Å². The van der Waals surface area contributed by atoms with Gasteiger partial charge in [-0.2, -0.15) is 0 Å². The van der Waals surface area contributed by atoms with Crippen molar-refractivity contribution in [3.63, 3.8) is 0 Å². The highest BCUT2D eigenvalue weighted by Gasteiger charge is 2.23. The summed E-state index contributed by atoms with van der Waals surface area (Å²) in [5, 5.41) is 0. The standard InChI is InChI=1S/C26H26N2O5/c1-2-17-32-26(31)21-13-15-22(16-14-21)33-18-23(29)27-28-25(30)24(19-9-5-3-6-10-19)20-11-7-4-8-12-20/h3-16,24H,2,17-18H2,1H3,(H,27,29)(H,28,30). The molecule has 3 aromatic carbocycles. The van der Waals surface area contributed by atoms with Gasteiger partial charge in [-0.1, -0.05) is 67.6 Å². The van der Waals surface area contributed by atoms with E-state index in [1.165, 1.54) is 0 Å². The van der Waals surface area contributed by atoms with Crippen molar-refractivity contribution >= 4 is 17.8 Å². The highest BCUT2D eigenvalue weighted by molar-refractivity contribution is 5.90. The second kappa shape index (κ2) is 12.0. The van der Waals surface area contributed by atoms with E-state index in [0.29, 0.717) is 17.9 Å². The number of carbonyl (C=O) groups is 3. The molecule has 0 fully saturated rings. The van der Waals surface area contributed by atoms with Crippen molar-refractivity contribution in [3.8, 4) is 5.75 Å². The van der Waals surface area contributed by atoms with Gasteiger partial charge in [0.05, 0.1) is 18.1 Å². The second-order valence-corrected chi connectivity index (χ2v) is 7.24. The molecular weight excluding hydrogens is 420 g/mol. The molecule has 0 aromatic heterocycles. The first-order valence-electron chi connectivity index (χ1n) is 10.7. The number of amides is 2. The molecule has 0 saturated heterocycles. The van der Waals surface area contributed by atoms with E-state index in [1.54, 1.807) is 24.3 Å². The summed E-state index contributed by atoms with van der Waals surface area (Å²) in [5.41, 5.74) is 6.89.